The van der Waals surface area contributed by atoms with Crippen LogP contribution in [0.3, 0.4) is 0 Å². The highest BCUT2D eigenvalue weighted by atomic mass is 16.2. The van der Waals surface area contributed by atoms with Crippen molar-refractivity contribution in [2.24, 2.45) is 0 Å². The number of hydrogen-bond acceptors (Lipinski definition) is 1. The summed E-state index contributed by atoms with van der Waals surface area (Å²) in [5.41, 5.74) is 0. The van der Waals surface area contributed by atoms with Crippen LogP contribution in [0.1, 0.15) is 26.7 Å². The lowest BCUT2D eigenvalue weighted by atomic mass is 10.2. The maximum atomic E-state index is 10.4. The van der Waals surface area contributed by atoms with Gasteiger partial charge in [0, 0.05) is 13.0 Å². The van der Waals surface area contributed by atoms with Gasteiger partial charge in [0.15, 0.2) is 0 Å². The summed E-state index contributed by atoms with van der Waals surface area (Å²) in [6, 6.07) is 0.145. The highest BCUT2D eigenvalue weighted by Crippen LogP contribution is 1.94. The Morgan fingerprint density at radius 1 is 1.60 bits per heavy atom. The Bertz CT molecular complexity index is 104. The zero-order valence-electron chi connectivity index (χ0n) is 6.52. The number of carbonyl (C=O) groups is 1. The molecule has 0 heterocycles. The Morgan fingerprint density at radius 3 is 2.60 bits per heavy atom. The molecule has 1 atom stereocenters. The van der Waals surface area contributed by atoms with Crippen LogP contribution < -0.4 is 5.32 Å². The van der Waals surface area contributed by atoms with E-state index in [1.165, 1.54) is 6.92 Å². The van der Waals surface area contributed by atoms with Gasteiger partial charge >= 0.3 is 0 Å². The second-order valence-electron chi connectivity index (χ2n) is 2.45. The second-order valence-corrected chi connectivity index (χ2v) is 2.45. The van der Waals surface area contributed by atoms with Gasteiger partial charge in [-0.25, -0.2) is 5.11 Å². The van der Waals surface area contributed by atoms with E-state index in [-0.39, 0.29) is 18.6 Å². The van der Waals surface area contributed by atoms with Crippen molar-refractivity contribution in [3.05, 3.63) is 0 Å². The van der Waals surface area contributed by atoms with Crippen molar-refractivity contribution in [2.45, 2.75) is 32.7 Å². The number of hydrogen-bond donors (Lipinski definition) is 1. The molecule has 0 saturated carbocycles. The molecule has 0 fully saturated rings. The van der Waals surface area contributed by atoms with Crippen molar-refractivity contribution in [1.82, 2.24) is 5.32 Å². The third-order valence-corrected chi connectivity index (χ3v) is 1.23. The fourth-order valence-corrected chi connectivity index (χ4v) is 0.809. The van der Waals surface area contributed by atoms with Gasteiger partial charge in [0.05, 0.1) is 6.61 Å². The van der Waals surface area contributed by atoms with Crippen molar-refractivity contribution >= 4 is 5.91 Å². The minimum absolute atomic E-state index is 0.0293. The Labute approximate surface area is 61.4 Å². The number of amides is 1. The molecule has 0 aliphatic heterocycles. The first-order chi connectivity index (χ1) is 4.66. The fourth-order valence-electron chi connectivity index (χ4n) is 0.809. The summed E-state index contributed by atoms with van der Waals surface area (Å²) in [4.78, 5) is 10.4. The molecule has 59 valence electrons. The largest absolute Gasteiger partial charge is 0.354 e. The van der Waals surface area contributed by atoms with E-state index in [2.05, 4.69) is 5.32 Å². The predicted octanol–water partition coefficient (Wildman–Crippen LogP) is 0.722. The molecule has 0 aromatic carbocycles. The van der Waals surface area contributed by atoms with Crippen LogP contribution in [0.15, 0.2) is 0 Å². The third kappa shape index (κ3) is 5.56. The van der Waals surface area contributed by atoms with E-state index in [0.29, 0.717) is 6.42 Å². The molecule has 1 N–H and O–H groups in total. The average molecular weight is 144 g/mol. The smallest absolute Gasteiger partial charge is 0.217 e. The summed E-state index contributed by atoms with van der Waals surface area (Å²) in [7, 11) is 0. The van der Waals surface area contributed by atoms with Crippen molar-refractivity contribution in [3.63, 3.8) is 0 Å². The van der Waals surface area contributed by atoms with E-state index in [0.717, 1.165) is 6.42 Å². The molecule has 1 radical (unpaired) electrons. The summed E-state index contributed by atoms with van der Waals surface area (Å²) in [6.45, 7) is 3.33. The van der Waals surface area contributed by atoms with Gasteiger partial charge in [-0.2, -0.15) is 0 Å². The number of carbonyl (C=O) groups excluding carboxylic acids is 1. The van der Waals surface area contributed by atoms with Gasteiger partial charge in [0.2, 0.25) is 5.91 Å². The van der Waals surface area contributed by atoms with Gasteiger partial charge in [0.1, 0.15) is 0 Å². The van der Waals surface area contributed by atoms with E-state index in [1.54, 1.807) is 0 Å². The van der Waals surface area contributed by atoms with Gasteiger partial charge < -0.3 is 5.32 Å². The minimum Gasteiger partial charge on any atom is -0.354 e. The molecule has 0 aliphatic carbocycles. The van der Waals surface area contributed by atoms with Gasteiger partial charge in [-0.1, -0.05) is 0 Å². The quantitative estimate of drug-likeness (QED) is 0.621. The minimum atomic E-state index is -0.0517. The second kappa shape index (κ2) is 5.23. The molecule has 0 spiro atoms. The number of nitrogens with one attached hydrogen (secondary N) is 1. The first-order valence-electron chi connectivity index (χ1n) is 3.52. The van der Waals surface area contributed by atoms with Crippen LogP contribution in [0.5, 0.6) is 0 Å². The molecule has 0 saturated heterocycles. The first kappa shape index (κ1) is 9.43. The molecule has 0 bridgehead atoms. The van der Waals surface area contributed by atoms with Crippen LogP contribution in [0.2, 0.25) is 0 Å². The lowest BCUT2D eigenvalue weighted by molar-refractivity contribution is -0.119. The Kier molecular flexibility index (Phi) is 4.94. The lowest BCUT2D eigenvalue weighted by Crippen LogP contribution is -2.30. The van der Waals surface area contributed by atoms with Crippen molar-refractivity contribution in [2.75, 3.05) is 6.61 Å². The maximum absolute atomic E-state index is 10.4. The van der Waals surface area contributed by atoms with Gasteiger partial charge in [-0.3, -0.25) is 4.79 Å². The lowest BCUT2D eigenvalue weighted by Gasteiger charge is -2.09. The molecular weight excluding hydrogens is 130 g/mol. The summed E-state index contributed by atoms with van der Waals surface area (Å²) < 4.78 is 0. The Morgan fingerprint density at radius 2 is 2.20 bits per heavy atom. The molecule has 1 unspecified atom stereocenters. The highest BCUT2D eigenvalue weighted by molar-refractivity contribution is 5.73. The molecule has 3 heteroatoms. The molecule has 3 nitrogen and oxygen atoms in total. The average Bonchev–Trinajstić information content (AvgIpc) is 1.82. The summed E-state index contributed by atoms with van der Waals surface area (Å²) >= 11 is 0. The van der Waals surface area contributed by atoms with Crippen LogP contribution in [0, 0.1) is 0 Å². The first-order valence-corrected chi connectivity index (χ1v) is 3.52. The van der Waals surface area contributed by atoms with Crippen molar-refractivity contribution in [3.8, 4) is 0 Å². The summed E-state index contributed by atoms with van der Waals surface area (Å²) in [5, 5.41) is 12.7. The Balaban J connectivity index is 3.25. The number of rotatable bonds is 4. The zero-order chi connectivity index (χ0) is 7.98. The molecule has 0 aromatic heterocycles. The maximum Gasteiger partial charge on any atom is 0.217 e. The topological polar surface area (TPSA) is 49.0 Å². The molecule has 10 heavy (non-hydrogen) atoms. The van der Waals surface area contributed by atoms with E-state index in [4.69, 9.17) is 0 Å². The monoisotopic (exact) mass is 144 g/mol. The fraction of sp³-hybridized carbons (Fsp3) is 0.857. The molecule has 0 aliphatic rings. The van der Waals surface area contributed by atoms with Gasteiger partial charge in [0.25, 0.3) is 0 Å². The summed E-state index contributed by atoms with van der Waals surface area (Å²) in [6.07, 6.45) is 1.42. The van der Waals surface area contributed by atoms with Gasteiger partial charge in [-0.15, -0.1) is 0 Å². The molecule has 0 aromatic rings. The van der Waals surface area contributed by atoms with Crippen LogP contribution in [0.25, 0.3) is 0 Å². The third-order valence-electron chi connectivity index (χ3n) is 1.23. The molecular formula is C7H14NO2. The van der Waals surface area contributed by atoms with Crippen molar-refractivity contribution in [1.29, 1.82) is 0 Å². The van der Waals surface area contributed by atoms with Crippen LogP contribution >= 0.6 is 0 Å². The standard InChI is InChI=1S/C7H14NO2/c1-6(4-3-5-9)8-7(2)10/h6H,3-5H2,1-2H3,(H,8,10). The Hall–Kier alpha value is -0.570. The zero-order valence-corrected chi connectivity index (χ0v) is 6.52. The van der Waals surface area contributed by atoms with Crippen molar-refractivity contribution < 1.29 is 9.90 Å². The predicted molar refractivity (Wildman–Crippen MR) is 38.1 cm³/mol. The SMILES string of the molecule is CC(=O)NC(C)CCC[O]. The van der Waals surface area contributed by atoms with E-state index in [9.17, 15) is 9.90 Å². The van der Waals surface area contributed by atoms with Crippen LogP contribution in [0.4, 0.5) is 0 Å². The molecule has 0 rings (SSSR count). The highest BCUT2D eigenvalue weighted by Gasteiger charge is 2.01. The summed E-state index contributed by atoms with van der Waals surface area (Å²) in [5.74, 6) is -0.0293. The molecule has 1 amide bonds. The van der Waals surface area contributed by atoms with E-state index in [1.807, 2.05) is 6.92 Å². The van der Waals surface area contributed by atoms with Gasteiger partial charge in [-0.05, 0) is 19.8 Å². The van der Waals surface area contributed by atoms with E-state index >= 15 is 0 Å². The van der Waals surface area contributed by atoms with Crippen LogP contribution in [-0.4, -0.2) is 18.6 Å². The van der Waals surface area contributed by atoms with E-state index < -0.39 is 0 Å². The normalized spacial score (nSPS) is 12.7. The van der Waals surface area contributed by atoms with Crippen LogP contribution in [-0.2, 0) is 9.90 Å².